The molecular weight excluding hydrogens is 688 g/mol. The van der Waals surface area contributed by atoms with E-state index in [2.05, 4.69) is 29.4 Å². The normalized spacial score (nSPS) is 16.5. The topological polar surface area (TPSA) is 92.9 Å². The van der Waals surface area contributed by atoms with Crippen molar-refractivity contribution < 1.29 is 42.1 Å². The third-order valence-corrected chi connectivity index (χ3v) is 10.5. The number of nitrogens with zero attached hydrogens (tertiary/aromatic N) is 2. The lowest BCUT2D eigenvalue weighted by Gasteiger charge is -2.43. The number of hydrogen-bond acceptors (Lipinski definition) is 5. The number of aromatic carboxylic acids is 2. The summed E-state index contributed by atoms with van der Waals surface area (Å²) < 4.78 is 70.1. The molecule has 0 bridgehead atoms. The van der Waals surface area contributed by atoms with Crippen molar-refractivity contribution in [2.45, 2.75) is 66.1 Å². The molecule has 53 heavy (non-hydrogen) atoms. The van der Waals surface area contributed by atoms with Crippen LogP contribution in [0.15, 0.2) is 60.7 Å². The molecule has 4 aromatic rings. The van der Waals surface area contributed by atoms with Crippen molar-refractivity contribution >= 4 is 34.3 Å². The Morgan fingerprint density at radius 2 is 1.47 bits per heavy atom. The molecule has 0 fully saturated rings. The number of carbonyl (C=O) groups excluding carboxylic acids is 1. The maximum Gasteiger partial charge on any atom is 0.335 e. The molecule has 0 atom stereocenters. The lowest BCUT2D eigenvalue weighted by molar-refractivity contribution is -0.255. The Kier molecular flexibility index (Phi) is 8.20. The van der Waals surface area contributed by atoms with Crippen LogP contribution in [0.2, 0.25) is 0 Å². The standard InChI is InChI=1S/C42H36F4N2O5/c1-8-47-28-15-30-26(13-24(28)20(2)17-41(47,4)5)32(33-34(40(51)52)36(44)38(46)37(45)35(33)43)27-14-25-21(3)18-42(6,7)48(29(25)16-31(27)53-30)19-22-9-11-23(12-10-22)39(49)50/h9-18H,8,19H2,1-7H3,(H-,49,50,51,52). The van der Waals surface area contributed by atoms with Gasteiger partial charge in [0.25, 0.3) is 0 Å². The fourth-order valence-corrected chi connectivity index (χ4v) is 8.16. The van der Waals surface area contributed by atoms with Gasteiger partial charge in [0, 0.05) is 76.3 Å². The number of ether oxygens (including phenoxy) is 1. The molecule has 4 aromatic carbocycles. The predicted molar refractivity (Wildman–Crippen MR) is 191 cm³/mol. The van der Waals surface area contributed by atoms with Gasteiger partial charge in [-0.3, -0.25) is 0 Å². The van der Waals surface area contributed by atoms with E-state index in [1.54, 1.807) is 36.4 Å². The molecule has 3 aliphatic heterocycles. The Hall–Kier alpha value is -5.71. The van der Waals surface area contributed by atoms with Crippen molar-refractivity contribution in [3.05, 3.63) is 133 Å². The molecule has 7 nitrogen and oxygen atoms in total. The lowest BCUT2D eigenvalue weighted by atomic mass is 9.83. The average Bonchev–Trinajstić information content (AvgIpc) is 3.08. The van der Waals surface area contributed by atoms with E-state index in [-0.39, 0.29) is 33.4 Å². The molecular formula is C42H36F4N2O5. The number of carboxylic acids is 2. The van der Waals surface area contributed by atoms with Crippen molar-refractivity contribution in [2.75, 3.05) is 11.4 Å². The molecule has 0 unspecified atom stereocenters. The number of rotatable bonds is 6. The quantitative estimate of drug-likeness (QED) is 0.0923. The summed E-state index contributed by atoms with van der Waals surface area (Å²) in [6, 6.07) is 13.3. The molecule has 1 N–H and O–H groups in total. The van der Waals surface area contributed by atoms with Crippen LogP contribution >= 0.6 is 0 Å². The summed E-state index contributed by atoms with van der Waals surface area (Å²) in [5.74, 6) is -11.3. The summed E-state index contributed by atoms with van der Waals surface area (Å²) in [4.78, 5) is 26.1. The Morgan fingerprint density at radius 3 is 2.09 bits per heavy atom. The van der Waals surface area contributed by atoms with Crippen molar-refractivity contribution in [1.29, 1.82) is 0 Å². The molecule has 0 saturated carbocycles. The minimum Gasteiger partial charge on any atom is -0.545 e. The molecule has 0 aromatic heterocycles. The van der Waals surface area contributed by atoms with Crippen molar-refractivity contribution in [1.82, 2.24) is 4.58 Å². The SMILES string of the molecule is CCN1c2cc3c(cc2C(C)=CC1(C)C)C(c1c(F)c(F)c(F)c(F)c1C(=O)[O-])=c1cc2c(cc1O3)=[N+](Cc1ccc(C(=O)O)cc1)C(C)(C)C=C2C. The first-order chi connectivity index (χ1) is 24.9. The second-order valence-electron chi connectivity index (χ2n) is 14.8. The smallest absolute Gasteiger partial charge is 0.335 e. The van der Waals surface area contributed by atoms with Gasteiger partial charge in [-0.2, -0.15) is 0 Å². The first kappa shape index (κ1) is 35.7. The van der Waals surface area contributed by atoms with E-state index < -0.39 is 57.4 Å². The zero-order chi connectivity index (χ0) is 38.5. The highest BCUT2D eigenvalue weighted by molar-refractivity contribution is 5.99. The first-order valence-electron chi connectivity index (χ1n) is 17.1. The summed E-state index contributed by atoms with van der Waals surface area (Å²) in [6.45, 7) is 14.8. The summed E-state index contributed by atoms with van der Waals surface area (Å²) in [5.41, 5.74) is 1.27. The molecule has 0 saturated heterocycles. The highest BCUT2D eigenvalue weighted by Crippen LogP contribution is 2.47. The Labute approximate surface area is 303 Å². The Balaban J connectivity index is 1.62. The van der Waals surface area contributed by atoms with Crippen LogP contribution in [-0.4, -0.2) is 34.7 Å². The van der Waals surface area contributed by atoms with Gasteiger partial charge in [-0.05, 0) is 76.1 Å². The largest absolute Gasteiger partial charge is 0.545 e. The zero-order valence-electron chi connectivity index (χ0n) is 30.2. The Morgan fingerprint density at radius 1 is 0.830 bits per heavy atom. The molecule has 0 amide bonds. The van der Waals surface area contributed by atoms with Crippen LogP contribution in [0.5, 0.6) is 11.5 Å². The van der Waals surface area contributed by atoms with Crippen LogP contribution in [0.4, 0.5) is 23.2 Å². The highest BCUT2D eigenvalue weighted by atomic mass is 19.2. The Bertz CT molecular complexity index is 2520. The van der Waals surface area contributed by atoms with E-state index in [0.29, 0.717) is 29.6 Å². The van der Waals surface area contributed by atoms with Crippen LogP contribution in [0.3, 0.4) is 0 Å². The van der Waals surface area contributed by atoms with E-state index in [9.17, 15) is 24.2 Å². The number of halogens is 4. The second kappa shape index (κ2) is 12.2. The summed E-state index contributed by atoms with van der Waals surface area (Å²) in [5, 5.41) is 22.7. The summed E-state index contributed by atoms with van der Waals surface area (Å²) >= 11 is 0. The number of fused-ring (bicyclic) bond motifs is 4. The number of hydrogen-bond donors (Lipinski definition) is 1. The van der Waals surface area contributed by atoms with Crippen molar-refractivity contribution in [3.8, 4) is 11.5 Å². The molecule has 11 heteroatoms. The van der Waals surface area contributed by atoms with Crippen molar-refractivity contribution in [3.63, 3.8) is 0 Å². The van der Waals surface area contributed by atoms with Crippen LogP contribution in [0.1, 0.15) is 97.0 Å². The molecule has 0 aliphatic carbocycles. The molecule has 272 valence electrons. The van der Waals surface area contributed by atoms with Gasteiger partial charge in [-0.25, -0.2) is 26.9 Å². The van der Waals surface area contributed by atoms with Gasteiger partial charge in [0.15, 0.2) is 35.4 Å². The number of likely N-dealkylation sites (N-methyl/N-ethyl adjacent to an activating group) is 1. The van der Waals surface area contributed by atoms with Gasteiger partial charge in [-0.1, -0.05) is 18.2 Å². The minimum absolute atomic E-state index is 0.131. The van der Waals surface area contributed by atoms with E-state index in [1.165, 1.54) is 12.1 Å². The molecule has 7 rings (SSSR count). The van der Waals surface area contributed by atoms with Crippen LogP contribution in [0.25, 0.3) is 16.7 Å². The number of allylic oxidation sites excluding steroid dienone is 2. The van der Waals surface area contributed by atoms with Gasteiger partial charge < -0.3 is 24.6 Å². The van der Waals surface area contributed by atoms with E-state index in [1.807, 2.05) is 40.7 Å². The third kappa shape index (κ3) is 5.52. The number of carboxylic acid groups (broad SMARTS) is 2. The lowest BCUT2D eigenvalue weighted by Crippen LogP contribution is -2.49. The van der Waals surface area contributed by atoms with Gasteiger partial charge in [-0.15, -0.1) is 0 Å². The van der Waals surface area contributed by atoms with Crippen molar-refractivity contribution in [2.24, 2.45) is 0 Å². The summed E-state index contributed by atoms with van der Waals surface area (Å²) in [7, 11) is 0. The van der Waals surface area contributed by atoms with Gasteiger partial charge in [0.2, 0.25) is 5.36 Å². The maximum absolute atomic E-state index is 16.2. The van der Waals surface area contributed by atoms with Crippen LogP contribution in [0, 0.1) is 23.3 Å². The van der Waals surface area contributed by atoms with Crippen LogP contribution < -0.4 is 29.9 Å². The van der Waals surface area contributed by atoms with Crippen LogP contribution in [-0.2, 0) is 6.54 Å². The fourth-order valence-electron chi connectivity index (χ4n) is 8.16. The molecule has 3 aliphatic rings. The van der Waals surface area contributed by atoms with E-state index in [0.717, 1.165) is 22.4 Å². The first-order valence-corrected chi connectivity index (χ1v) is 17.1. The zero-order valence-corrected chi connectivity index (χ0v) is 30.2. The van der Waals surface area contributed by atoms with E-state index in [4.69, 9.17) is 4.74 Å². The minimum atomic E-state index is -2.26. The fraction of sp³-hybridized carbons (Fsp3) is 0.262. The molecule has 3 heterocycles. The maximum atomic E-state index is 16.2. The number of carbonyl (C=O) groups is 2. The second-order valence-corrected chi connectivity index (χ2v) is 14.8. The third-order valence-electron chi connectivity index (χ3n) is 10.5. The highest BCUT2D eigenvalue weighted by Gasteiger charge is 2.38. The average molecular weight is 725 g/mol. The van der Waals surface area contributed by atoms with Gasteiger partial charge in [0.05, 0.1) is 23.1 Å². The molecule has 0 radical (unpaired) electrons. The molecule has 0 spiro atoms. The monoisotopic (exact) mass is 724 g/mol. The summed E-state index contributed by atoms with van der Waals surface area (Å²) in [6.07, 6.45) is 4.07. The predicted octanol–water partition coefficient (Wildman–Crippen LogP) is 6.57. The van der Waals surface area contributed by atoms with E-state index >= 15 is 13.2 Å². The number of benzene rings is 4. The van der Waals surface area contributed by atoms with Gasteiger partial charge in [0.1, 0.15) is 11.5 Å². The number of anilines is 1. The van der Waals surface area contributed by atoms with Gasteiger partial charge >= 0.3 is 5.97 Å².